The van der Waals surface area contributed by atoms with Crippen molar-refractivity contribution < 1.29 is 9.21 Å². The molecule has 0 radical (unpaired) electrons. The molecule has 0 aromatic carbocycles. The normalized spacial score (nSPS) is 12.4. The zero-order chi connectivity index (χ0) is 14.5. The Balaban J connectivity index is 0.00000220. The highest BCUT2D eigenvalue weighted by atomic mass is 35.5. The van der Waals surface area contributed by atoms with Crippen LogP contribution in [0, 0.1) is 5.92 Å². The molecule has 2 aromatic rings. The molecule has 0 aliphatic heterocycles. The second-order valence-corrected chi connectivity index (χ2v) is 5.56. The largest absolute Gasteiger partial charge is 0.465 e. The quantitative estimate of drug-likeness (QED) is 0.880. The van der Waals surface area contributed by atoms with Crippen molar-refractivity contribution in [1.29, 1.82) is 0 Å². The summed E-state index contributed by atoms with van der Waals surface area (Å²) >= 11 is 1.27. The topological polar surface area (TPSA) is 94.0 Å². The molecule has 0 spiro atoms. The smallest absolute Gasteiger partial charge is 0.243 e. The van der Waals surface area contributed by atoms with Gasteiger partial charge in [-0.3, -0.25) is 10.1 Å². The fraction of sp³-hybridized carbons (Fsp3) is 0.308. The minimum atomic E-state index is -0.555. The van der Waals surface area contributed by atoms with E-state index in [-0.39, 0.29) is 24.2 Å². The third-order valence-electron chi connectivity index (χ3n) is 2.63. The zero-order valence-electron chi connectivity index (χ0n) is 11.6. The number of rotatable bonds is 5. The summed E-state index contributed by atoms with van der Waals surface area (Å²) in [4.78, 5) is 11.8. The number of carbonyl (C=O) groups is 1. The van der Waals surface area contributed by atoms with E-state index in [4.69, 9.17) is 10.2 Å². The summed E-state index contributed by atoms with van der Waals surface area (Å²) in [6, 6.07) is 3.08. The first kappa shape index (κ1) is 17.4. The molecule has 0 saturated heterocycles. The molecule has 114 valence electrons. The Morgan fingerprint density at radius 2 is 2.19 bits per heavy atom. The van der Waals surface area contributed by atoms with Crippen LogP contribution in [0.1, 0.15) is 24.6 Å². The Morgan fingerprint density at radius 3 is 2.81 bits per heavy atom. The van der Waals surface area contributed by atoms with E-state index < -0.39 is 6.04 Å². The van der Waals surface area contributed by atoms with Gasteiger partial charge in [-0.1, -0.05) is 25.2 Å². The third kappa shape index (κ3) is 4.96. The third-order valence-corrected chi connectivity index (χ3v) is 3.43. The summed E-state index contributed by atoms with van der Waals surface area (Å²) < 4.78 is 5.17. The van der Waals surface area contributed by atoms with E-state index in [0.717, 1.165) is 5.76 Å². The van der Waals surface area contributed by atoms with Gasteiger partial charge in [0.1, 0.15) is 10.8 Å². The fourth-order valence-electron chi connectivity index (χ4n) is 1.38. The summed E-state index contributed by atoms with van der Waals surface area (Å²) in [5.41, 5.74) is 5.76. The predicted octanol–water partition coefficient (Wildman–Crippen LogP) is 2.65. The lowest BCUT2D eigenvalue weighted by Gasteiger charge is -2.13. The number of halogens is 1. The maximum atomic E-state index is 11.8. The van der Waals surface area contributed by atoms with Crippen LogP contribution in [0.15, 0.2) is 22.8 Å². The molecular weight excluding hydrogens is 312 g/mol. The van der Waals surface area contributed by atoms with E-state index in [2.05, 4.69) is 15.5 Å². The van der Waals surface area contributed by atoms with Crippen LogP contribution < -0.4 is 11.1 Å². The molecule has 6 nitrogen and oxygen atoms in total. The van der Waals surface area contributed by atoms with Gasteiger partial charge in [-0.15, -0.1) is 22.6 Å². The van der Waals surface area contributed by atoms with Crippen molar-refractivity contribution in [2.24, 2.45) is 11.7 Å². The molecule has 1 atom stereocenters. The van der Waals surface area contributed by atoms with Crippen LogP contribution in [-0.4, -0.2) is 22.1 Å². The van der Waals surface area contributed by atoms with Crippen LogP contribution in [0.5, 0.6) is 0 Å². The van der Waals surface area contributed by atoms with Crippen LogP contribution >= 0.6 is 23.7 Å². The molecular formula is C13H17ClN4O2S. The van der Waals surface area contributed by atoms with Gasteiger partial charge in [0.2, 0.25) is 11.0 Å². The fourth-order valence-corrected chi connectivity index (χ4v) is 2.03. The van der Waals surface area contributed by atoms with Crippen molar-refractivity contribution >= 4 is 46.9 Å². The highest BCUT2D eigenvalue weighted by molar-refractivity contribution is 7.16. The number of hydrogen-bond acceptors (Lipinski definition) is 6. The summed E-state index contributed by atoms with van der Waals surface area (Å²) in [5.74, 6) is 0.548. The first-order chi connectivity index (χ1) is 9.56. The molecule has 0 aliphatic rings. The molecule has 1 amide bonds. The van der Waals surface area contributed by atoms with Gasteiger partial charge < -0.3 is 10.2 Å². The van der Waals surface area contributed by atoms with Crippen LogP contribution in [-0.2, 0) is 4.79 Å². The predicted molar refractivity (Wildman–Crippen MR) is 86.2 cm³/mol. The Bertz CT molecular complexity index is 595. The summed E-state index contributed by atoms with van der Waals surface area (Å²) in [7, 11) is 0. The number of furan rings is 1. The average Bonchev–Trinajstić information content (AvgIpc) is 3.06. The molecule has 0 unspecified atom stereocenters. The summed E-state index contributed by atoms with van der Waals surface area (Å²) in [6.45, 7) is 3.78. The van der Waals surface area contributed by atoms with E-state index >= 15 is 0 Å². The van der Waals surface area contributed by atoms with Gasteiger partial charge in [0, 0.05) is 0 Å². The van der Waals surface area contributed by atoms with E-state index in [0.29, 0.717) is 10.1 Å². The summed E-state index contributed by atoms with van der Waals surface area (Å²) in [5, 5.41) is 11.6. The Hall–Kier alpha value is -1.70. The number of hydrogen-bond donors (Lipinski definition) is 2. The number of amides is 1. The standard InChI is InChI=1S/C13H16N4O2S.ClH/c1-8(2)11(14)12(18)15-13-17-16-10(20-13)6-5-9-4-3-7-19-9;/h3-8,11H,14H2,1-2H3,(H,15,17,18);1H/b6-5+;/t11-;/m0./s1. The molecule has 2 rings (SSSR count). The molecule has 0 saturated carbocycles. The van der Waals surface area contributed by atoms with Gasteiger partial charge in [-0.25, -0.2) is 0 Å². The Morgan fingerprint density at radius 1 is 1.43 bits per heavy atom. The van der Waals surface area contributed by atoms with Crippen molar-refractivity contribution in [3.8, 4) is 0 Å². The lowest BCUT2D eigenvalue weighted by atomic mass is 10.1. The SMILES string of the molecule is CC(C)[C@H](N)C(=O)Nc1nnc(/C=C/c2ccco2)s1.Cl. The molecule has 0 aliphatic carbocycles. The molecule has 2 heterocycles. The average molecular weight is 329 g/mol. The Labute approximate surface area is 132 Å². The maximum Gasteiger partial charge on any atom is 0.243 e. The minimum Gasteiger partial charge on any atom is -0.465 e. The first-order valence-corrected chi connectivity index (χ1v) is 6.99. The number of nitrogens with one attached hydrogen (secondary N) is 1. The number of anilines is 1. The highest BCUT2D eigenvalue weighted by Gasteiger charge is 2.18. The molecule has 0 bridgehead atoms. The van der Waals surface area contributed by atoms with Crippen molar-refractivity contribution in [3.05, 3.63) is 29.2 Å². The highest BCUT2D eigenvalue weighted by Crippen LogP contribution is 2.18. The van der Waals surface area contributed by atoms with E-state index in [9.17, 15) is 4.79 Å². The van der Waals surface area contributed by atoms with Crippen LogP contribution in [0.3, 0.4) is 0 Å². The molecule has 21 heavy (non-hydrogen) atoms. The number of carbonyl (C=O) groups excluding carboxylic acids is 1. The second-order valence-electron chi connectivity index (χ2n) is 4.55. The number of nitrogens with two attached hydrogens (primary N) is 1. The van der Waals surface area contributed by atoms with Gasteiger partial charge in [0.15, 0.2) is 0 Å². The van der Waals surface area contributed by atoms with E-state index in [1.54, 1.807) is 24.5 Å². The van der Waals surface area contributed by atoms with Gasteiger partial charge in [-0.05, 0) is 30.2 Å². The van der Waals surface area contributed by atoms with Crippen molar-refractivity contribution in [1.82, 2.24) is 10.2 Å². The lowest BCUT2D eigenvalue weighted by Crippen LogP contribution is -2.39. The van der Waals surface area contributed by atoms with Gasteiger partial charge >= 0.3 is 0 Å². The van der Waals surface area contributed by atoms with Crippen molar-refractivity contribution in [3.63, 3.8) is 0 Å². The number of aromatic nitrogens is 2. The van der Waals surface area contributed by atoms with Gasteiger partial charge in [-0.2, -0.15) is 0 Å². The Kier molecular flexibility index (Phi) is 6.54. The first-order valence-electron chi connectivity index (χ1n) is 6.18. The lowest BCUT2D eigenvalue weighted by molar-refractivity contribution is -0.118. The molecule has 3 N–H and O–H groups in total. The van der Waals surface area contributed by atoms with Gasteiger partial charge in [0.05, 0.1) is 12.3 Å². The maximum absolute atomic E-state index is 11.8. The van der Waals surface area contributed by atoms with Crippen LogP contribution in [0.25, 0.3) is 12.2 Å². The van der Waals surface area contributed by atoms with Crippen LogP contribution in [0.2, 0.25) is 0 Å². The van der Waals surface area contributed by atoms with Crippen molar-refractivity contribution in [2.75, 3.05) is 5.32 Å². The molecule has 8 heteroatoms. The van der Waals surface area contributed by atoms with Crippen LogP contribution in [0.4, 0.5) is 5.13 Å². The monoisotopic (exact) mass is 328 g/mol. The summed E-state index contributed by atoms with van der Waals surface area (Å²) in [6.07, 6.45) is 5.15. The van der Waals surface area contributed by atoms with E-state index in [1.165, 1.54) is 11.3 Å². The molecule has 0 fully saturated rings. The number of nitrogens with zero attached hydrogens (tertiary/aromatic N) is 2. The van der Waals surface area contributed by atoms with E-state index in [1.807, 2.05) is 19.9 Å². The zero-order valence-corrected chi connectivity index (χ0v) is 13.3. The van der Waals surface area contributed by atoms with Crippen molar-refractivity contribution in [2.45, 2.75) is 19.9 Å². The minimum absolute atomic E-state index is 0. The van der Waals surface area contributed by atoms with Gasteiger partial charge in [0.25, 0.3) is 0 Å². The second kappa shape index (κ2) is 7.92. The molecule has 2 aromatic heterocycles.